The Morgan fingerprint density at radius 2 is 1.66 bits per heavy atom. The second kappa shape index (κ2) is 10.2. The molecule has 2 heterocycles. The van der Waals surface area contributed by atoms with Crippen LogP contribution in [0.2, 0.25) is 0 Å². The van der Waals surface area contributed by atoms with Crippen LogP contribution in [0, 0.1) is 0 Å². The van der Waals surface area contributed by atoms with Gasteiger partial charge in [-0.15, -0.1) is 0 Å². The highest BCUT2D eigenvalue weighted by Gasteiger charge is 2.21. The summed E-state index contributed by atoms with van der Waals surface area (Å²) in [4.78, 5) is 7.75. The highest BCUT2D eigenvalue weighted by Crippen LogP contribution is 2.33. The molecule has 0 spiro atoms. The molecule has 1 N–H and O–H groups in total. The van der Waals surface area contributed by atoms with Crippen LogP contribution in [0.3, 0.4) is 0 Å². The molecule has 170 valence electrons. The third-order valence-corrected chi connectivity index (χ3v) is 7.62. The quantitative estimate of drug-likeness (QED) is 0.717. The topological polar surface area (TPSA) is 21.8 Å². The van der Waals surface area contributed by atoms with Gasteiger partial charge in [-0.25, -0.2) is 0 Å². The lowest BCUT2D eigenvalue weighted by atomic mass is 10.0. The number of hydrogen-bond donors (Lipinski definition) is 1. The number of benzene rings is 2. The average Bonchev–Trinajstić information content (AvgIpc) is 3.30. The minimum atomic E-state index is 0.665. The number of nitrogens with zero attached hydrogens (tertiary/aromatic N) is 3. The molecule has 3 aliphatic rings. The van der Waals surface area contributed by atoms with Gasteiger partial charge in [-0.05, 0) is 60.2 Å². The van der Waals surface area contributed by atoms with Crippen molar-refractivity contribution in [1.82, 2.24) is 15.1 Å². The van der Waals surface area contributed by atoms with Crippen LogP contribution in [0.5, 0.6) is 0 Å². The van der Waals surface area contributed by atoms with Crippen LogP contribution in [0.4, 0.5) is 5.69 Å². The number of hydrogen-bond acceptors (Lipinski definition) is 4. The van der Waals surface area contributed by atoms with E-state index in [4.69, 9.17) is 0 Å². The molecule has 4 heteroatoms. The zero-order chi connectivity index (χ0) is 21.8. The Morgan fingerprint density at radius 3 is 2.44 bits per heavy atom. The molecule has 0 saturated carbocycles. The van der Waals surface area contributed by atoms with Crippen LogP contribution < -0.4 is 10.2 Å². The van der Waals surface area contributed by atoms with Crippen molar-refractivity contribution in [2.75, 3.05) is 63.8 Å². The summed E-state index contributed by atoms with van der Waals surface area (Å²) in [5, 5.41) is 3.84. The SMILES string of the molecule is CCN1CCN(CCNC2CCN(c3cccc(C4=Cc5ccccc5C4)c3)CC2)CC1. The molecule has 2 aliphatic heterocycles. The fourth-order valence-corrected chi connectivity index (χ4v) is 5.47. The summed E-state index contributed by atoms with van der Waals surface area (Å²) in [6, 6.07) is 18.6. The molecule has 2 aromatic carbocycles. The predicted octanol–water partition coefficient (Wildman–Crippen LogP) is 3.98. The van der Waals surface area contributed by atoms with Gasteiger partial charge in [0.1, 0.15) is 0 Å². The van der Waals surface area contributed by atoms with Gasteiger partial charge in [-0.1, -0.05) is 49.4 Å². The Bertz CT molecular complexity index is 921. The summed E-state index contributed by atoms with van der Waals surface area (Å²) in [5.74, 6) is 0. The molecule has 4 nitrogen and oxygen atoms in total. The first-order valence-corrected chi connectivity index (χ1v) is 12.6. The molecule has 0 atom stereocenters. The monoisotopic (exact) mass is 430 g/mol. The van der Waals surface area contributed by atoms with Crippen LogP contribution in [0.1, 0.15) is 36.5 Å². The van der Waals surface area contributed by atoms with E-state index in [1.807, 2.05) is 0 Å². The fourth-order valence-electron chi connectivity index (χ4n) is 5.47. The van der Waals surface area contributed by atoms with Crippen molar-refractivity contribution in [2.24, 2.45) is 0 Å². The van der Waals surface area contributed by atoms with E-state index in [1.54, 1.807) is 0 Å². The van der Waals surface area contributed by atoms with Crippen molar-refractivity contribution < 1.29 is 0 Å². The summed E-state index contributed by atoms with van der Waals surface area (Å²) in [5.41, 5.74) is 7.04. The number of allylic oxidation sites excluding steroid dienone is 1. The number of rotatable bonds is 7. The third-order valence-electron chi connectivity index (χ3n) is 7.62. The molecule has 2 aromatic rings. The Hall–Kier alpha value is -2.14. The van der Waals surface area contributed by atoms with Crippen LogP contribution in [-0.4, -0.2) is 74.7 Å². The highest BCUT2D eigenvalue weighted by atomic mass is 15.3. The maximum absolute atomic E-state index is 3.84. The molecule has 0 bridgehead atoms. The fraction of sp³-hybridized carbons (Fsp3) is 0.500. The second-order valence-corrected chi connectivity index (χ2v) is 9.59. The zero-order valence-corrected chi connectivity index (χ0v) is 19.6. The Labute approximate surface area is 193 Å². The molecule has 2 fully saturated rings. The number of likely N-dealkylation sites (N-methyl/N-ethyl adjacent to an activating group) is 1. The highest BCUT2D eigenvalue weighted by molar-refractivity contribution is 5.89. The molecular formula is C28H38N4. The molecular weight excluding hydrogens is 392 g/mol. The van der Waals surface area contributed by atoms with Gasteiger partial charge in [0.25, 0.3) is 0 Å². The molecule has 0 unspecified atom stereocenters. The number of nitrogens with one attached hydrogen (secondary N) is 1. The number of piperazine rings is 1. The van der Waals surface area contributed by atoms with E-state index in [9.17, 15) is 0 Å². The van der Waals surface area contributed by atoms with Gasteiger partial charge in [0.2, 0.25) is 0 Å². The first-order chi connectivity index (χ1) is 15.8. The summed E-state index contributed by atoms with van der Waals surface area (Å²) in [6.07, 6.45) is 5.90. The minimum Gasteiger partial charge on any atom is -0.371 e. The van der Waals surface area contributed by atoms with Crippen molar-refractivity contribution in [1.29, 1.82) is 0 Å². The van der Waals surface area contributed by atoms with Gasteiger partial charge in [-0.3, -0.25) is 4.90 Å². The van der Waals surface area contributed by atoms with E-state index in [1.165, 1.54) is 80.1 Å². The van der Waals surface area contributed by atoms with Crippen molar-refractivity contribution in [2.45, 2.75) is 32.2 Å². The van der Waals surface area contributed by atoms with Gasteiger partial charge in [0.15, 0.2) is 0 Å². The Balaban J connectivity index is 1.09. The van der Waals surface area contributed by atoms with E-state index < -0.39 is 0 Å². The summed E-state index contributed by atoms with van der Waals surface area (Å²) >= 11 is 0. The first-order valence-electron chi connectivity index (χ1n) is 12.6. The third kappa shape index (κ3) is 5.09. The molecule has 0 amide bonds. The number of piperidine rings is 1. The van der Waals surface area contributed by atoms with Crippen molar-refractivity contribution in [3.63, 3.8) is 0 Å². The number of fused-ring (bicyclic) bond motifs is 1. The molecule has 2 saturated heterocycles. The van der Waals surface area contributed by atoms with Crippen molar-refractivity contribution in [3.05, 3.63) is 65.2 Å². The van der Waals surface area contributed by atoms with E-state index in [0.29, 0.717) is 6.04 Å². The Kier molecular flexibility index (Phi) is 6.92. The van der Waals surface area contributed by atoms with Gasteiger partial charge in [-0.2, -0.15) is 0 Å². The van der Waals surface area contributed by atoms with Gasteiger partial charge >= 0.3 is 0 Å². The van der Waals surface area contributed by atoms with E-state index >= 15 is 0 Å². The summed E-state index contributed by atoms with van der Waals surface area (Å²) < 4.78 is 0. The van der Waals surface area contributed by atoms with Gasteiger partial charge in [0, 0.05) is 64.1 Å². The second-order valence-electron chi connectivity index (χ2n) is 9.59. The maximum atomic E-state index is 3.84. The van der Waals surface area contributed by atoms with Gasteiger partial charge in [0.05, 0.1) is 0 Å². The van der Waals surface area contributed by atoms with Crippen LogP contribution in [0.25, 0.3) is 11.6 Å². The lowest BCUT2D eigenvalue weighted by Crippen LogP contribution is -2.49. The van der Waals surface area contributed by atoms with Crippen LogP contribution in [0.15, 0.2) is 48.5 Å². The van der Waals surface area contributed by atoms with Gasteiger partial charge < -0.3 is 15.1 Å². The molecule has 0 radical (unpaired) electrons. The lowest BCUT2D eigenvalue weighted by Gasteiger charge is -2.36. The molecule has 0 aromatic heterocycles. The normalized spacial score (nSPS) is 20.4. The smallest absolute Gasteiger partial charge is 0.0372 e. The predicted molar refractivity (Wildman–Crippen MR) is 136 cm³/mol. The molecule has 5 rings (SSSR count). The largest absolute Gasteiger partial charge is 0.371 e. The Morgan fingerprint density at radius 1 is 0.875 bits per heavy atom. The standard InChI is InChI=1S/C28H38N4/c1-2-30-16-18-31(19-17-30)15-12-29-27-10-13-32(14-11-27)28-9-5-8-25(22-28)26-20-23-6-3-4-7-24(23)21-26/h3-9,20,22,27,29H,2,10-19,21H2,1H3. The minimum absolute atomic E-state index is 0.665. The molecule has 32 heavy (non-hydrogen) atoms. The average molecular weight is 431 g/mol. The van der Waals surface area contributed by atoms with Crippen LogP contribution in [-0.2, 0) is 6.42 Å². The number of anilines is 1. The van der Waals surface area contributed by atoms with E-state index in [0.717, 1.165) is 26.1 Å². The maximum Gasteiger partial charge on any atom is 0.0372 e. The first kappa shape index (κ1) is 21.7. The zero-order valence-electron chi connectivity index (χ0n) is 19.6. The van der Waals surface area contributed by atoms with E-state index in [-0.39, 0.29) is 0 Å². The molecule has 1 aliphatic carbocycles. The van der Waals surface area contributed by atoms with E-state index in [2.05, 4.69) is 81.5 Å². The lowest BCUT2D eigenvalue weighted by molar-refractivity contribution is 0.136. The van der Waals surface area contributed by atoms with Crippen molar-refractivity contribution in [3.8, 4) is 0 Å². The summed E-state index contributed by atoms with van der Waals surface area (Å²) in [7, 11) is 0. The van der Waals surface area contributed by atoms with Crippen molar-refractivity contribution >= 4 is 17.3 Å². The summed E-state index contributed by atoms with van der Waals surface area (Å²) in [6.45, 7) is 13.0. The van der Waals surface area contributed by atoms with Crippen LogP contribution >= 0.6 is 0 Å².